The number of para-hydroxylation sites is 1. The minimum absolute atomic E-state index is 0.141. The fourth-order valence-corrected chi connectivity index (χ4v) is 3.22. The molecule has 11 nitrogen and oxygen atoms in total. The lowest BCUT2D eigenvalue weighted by atomic mass is 10.0. The van der Waals surface area contributed by atoms with Crippen molar-refractivity contribution in [2.24, 2.45) is 0 Å². The van der Waals surface area contributed by atoms with Crippen LogP contribution in [0.1, 0.15) is 39.2 Å². The molecule has 11 heteroatoms. The Morgan fingerprint density at radius 3 is 2.39 bits per heavy atom. The average Bonchev–Trinajstić information content (AvgIpc) is 3.12. The molecule has 4 N–H and O–H groups in total. The second kappa shape index (κ2) is 11.7. The molecule has 178 valence electrons. The first kappa shape index (κ1) is 25.4. The number of amides is 2. The van der Waals surface area contributed by atoms with E-state index in [1.165, 1.54) is 6.92 Å². The van der Waals surface area contributed by atoms with E-state index in [-0.39, 0.29) is 12.8 Å². The van der Waals surface area contributed by atoms with Crippen LogP contribution in [-0.2, 0) is 35.1 Å². The van der Waals surface area contributed by atoms with Gasteiger partial charge < -0.3 is 30.2 Å². The van der Waals surface area contributed by atoms with E-state index in [0.717, 1.165) is 16.5 Å². The van der Waals surface area contributed by atoms with Gasteiger partial charge in [-0.2, -0.15) is 0 Å². The van der Waals surface area contributed by atoms with Gasteiger partial charge in [-0.05, 0) is 31.9 Å². The number of H-pyrrole nitrogens is 1. The van der Waals surface area contributed by atoms with Crippen LogP contribution in [-0.4, -0.2) is 58.2 Å². The molecule has 0 saturated heterocycles. The quantitative estimate of drug-likeness (QED) is 0.306. The molecule has 0 saturated carbocycles. The van der Waals surface area contributed by atoms with Gasteiger partial charge in [-0.25, -0.2) is 9.59 Å². The van der Waals surface area contributed by atoms with Crippen molar-refractivity contribution in [3.05, 3.63) is 36.0 Å². The summed E-state index contributed by atoms with van der Waals surface area (Å²) in [5, 5.41) is 14.5. The van der Waals surface area contributed by atoms with Crippen LogP contribution in [0.15, 0.2) is 30.5 Å². The minimum Gasteiger partial charge on any atom is -0.461 e. The Hall–Kier alpha value is -3.89. The number of nitrogens with one attached hydrogen (secondary N) is 3. The number of hydrogen-bond acceptors (Lipinski definition) is 7. The van der Waals surface area contributed by atoms with Crippen molar-refractivity contribution in [2.75, 3.05) is 0 Å². The largest absolute Gasteiger partial charge is 0.513 e. The molecule has 0 radical (unpaired) electrons. The van der Waals surface area contributed by atoms with Gasteiger partial charge in [-0.3, -0.25) is 14.4 Å². The van der Waals surface area contributed by atoms with Gasteiger partial charge in [-0.1, -0.05) is 18.2 Å². The molecular formula is C22H27N3O8. The standard InChI is InChI=1S/C22H27N3O8/c1-12(2)32-21(29)17(8-9-19(27)33-22(30)31)25-20(28)18(24-13(3)26)10-14-11-23-16-7-5-4-6-15(14)16/h4-7,11-12,17-18,23H,8-10H2,1-3H3,(H,24,26)(H,25,28)(H,30,31)/t17-,18-/m0/s1. The highest BCUT2D eigenvalue weighted by Gasteiger charge is 2.29. The molecule has 33 heavy (non-hydrogen) atoms. The van der Waals surface area contributed by atoms with E-state index in [0.29, 0.717) is 0 Å². The molecule has 0 aliphatic heterocycles. The Labute approximate surface area is 189 Å². The zero-order valence-electron chi connectivity index (χ0n) is 18.5. The highest BCUT2D eigenvalue weighted by Crippen LogP contribution is 2.19. The smallest absolute Gasteiger partial charge is 0.461 e. The molecule has 2 aromatic rings. The Morgan fingerprint density at radius 1 is 1.06 bits per heavy atom. The van der Waals surface area contributed by atoms with Gasteiger partial charge >= 0.3 is 18.1 Å². The summed E-state index contributed by atoms with van der Waals surface area (Å²) >= 11 is 0. The van der Waals surface area contributed by atoms with E-state index in [9.17, 15) is 24.0 Å². The highest BCUT2D eigenvalue weighted by molar-refractivity contribution is 5.92. The number of hydrogen-bond donors (Lipinski definition) is 4. The zero-order chi connectivity index (χ0) is 24.5. The van der Waals surface area contributed by atoms with Crippen LogP contribution in [0.3, 0.4) is 0 Å². The molecule has 1 aromatic carbocycles. The second-order valence-corrected chi connectivity index (χ2v) is 7.64. The van der Waals surface area contributed by atoms with Crippen molar-refractivity contribution >= 4 is 40.8 Å². The van der Waals surface area contributed by atoms with Crippen LogP contribution in [0.2, 0.25) is 0 Å². The summed E-state index contributed by atoms with van der Waals surface area (Å²) in [4.78, 5) is 62.4. The number of fused-ring (bicyclic) bond motifs is 1. The summed E-state index contributed by atoms with van der Waals surface area (Å²) in [5.74, 6) is -2.97. The summed E-state index contributed by atoms with van der Waals surface area (Å²) in [6, 6.07) is 5.20. The summed E-state index contributed by atoms with van der Waals surface area (Å²) < 4.78 is 9.17. The maximum Gasteiger partial charge on any atom is 0.513 e. The lowest BCUT2D eigenvalue weighted by Crippen LogP contribution is -2.52. The molecule has 0 fully saturated rings. The van der Waals surface area contributed by atoms with Gasteiger partial charge in [0.05, 0.1) is 6.10 Å². The number of carbonyl (C=O) groups excluding carboxylic acids is 4. The van der Waals surface area contributed by atoms with E-state index in [1.54, 1.807) is 20.0 Å². The number of esters is 2. The number of carboxylic acid groups (broad SMARTS) is 1. The third-order valence-electron chi connectivity index (χ3n) is 4.58. The first-order valence-corrected chi connectivity index (χ1v) is 10.3. The van der Waals surface area contributed by atoms with Crippen molar-refractivity contribution in [1.29, 1.82) is 0 Å². The number of ether oxygens (including phenoxy) is 2. The second-order valence-electron chi connectivity index (χ2n) is 7.64. The van der Waals surface area contributed by atoms with E-state index >= 15 is 0 Å². The van der Waals surface area contributed by atoms with Gasteiger partial charge in [-0.15, -0.1) is 0 Å². The van der Waals surface area contributed by atoms with Crippen LogP contribution >= 0.6 is 0 Å². The van der Waals surface area contributed by atoms with Crippen LogP contribution in [0.25, 0.3) is 10.9 Å². The first-order valence-electron chi connectivity index (χ1n) is 10.3. The van der Waals surface area contributed by atoms with Crippen LogP contribution in [0, 0.1) is 0 Å². The molecular weight excluding hydrogens is 434 g/mol. The molecule has 0 spiro atoms. The Kier molecular flexibility index (Phi) is 8.96. The molecule has 0 bridgehead atoms. The van der Waals surface area contributed by atoms with Crippen molar-refractivity contribution in [2.45, 2.75) is 58.2 Å². The van der Waals surface area contributed by atoms with Gasteiger partial charge in [0.2, 0.25) is 11.8 Å². The summed E-state index contributed by atoms with van der Waals surface area (Å²) in [6.07, 6.45) is -1.07. The highest BCUT2D eigenvalue weighted by atomic mass is 16.7. The van der Waals surface area contributed by atoms with E-state index < -0.39 is 54.5 Å². The third-order valence-corrected chi connectivity index (χ3v) is 4.58. The molecule has 1 aromatic heterocycles. The molecule has 0 unspecified atom stereocenters. The van der Waals surface area contributed by atoms with Crippen LogP contribution < -0.4 is 10.6 Å². The normalized spacial score (nSPS) is 12.6. The fraction of sp³-hybridized carbons (Fsp3) is 0.409. The summed E-state index contributed by atoms with van der Waals surface area (Å²) in [5.41, 5.74) is 1.65. The van der Waals surface area contributed by atoms with Gasteiger partial charge in [0, 0.05) is 36.9 Å². The SMILES string of the molecule is CC(=O)N[C@@H](Cc1c[nH]c2ccccc12)C(=O)N[C@@H](CCC(=O)OC(=O)O)C(=O)OC(C)C. The van der Waals surface area contributed by atoms with Crippen molar-refractivity contribution in [3.63, 3.8) is 0 Å². The topological polar surface area (TPSA) is 164 Å². The maximum atomic E-state index is 13.0. The monoisotopic (exact) mass is 461 g/mol. The van der Waals surface area contributed by atoms with Crippen molar-refractivity contribution in [3.8, 4) is 0 Å². The van der Waals surface area contributed by atoms with Crippen molar-refractivity contribution < 1.29 is 38.6 Å². The van der Waals surface area contributed by atoms with Crippen LogP contribution in [0.4, 0.5) is 4.79 Å². The van der Waals surface area contributed by atoms with E-state index in [4.69, 9.17) is 9.84 Å². The Balaban J connectivity index is 2.18. The third kappa shape index (κ3) is 7.95. The molecule has 0 aliphatic carbocycles. The summed E-state index contributed by atoms with van der Waals surface area (Å²) in [7, 11) is 0. The summed E-state index contributed by atoms with van der Waals surface area (Å²) in [6.45, 7) is 4.50. The maximum absolute atomic E-state index is 13.0. The lowest BCUT2D eigenvalue weighted by Gasteiger charge is -2.23. The van der Waals surface area contributed by atoms with Gasteiger partial charge in [0.15, 0.2) is 0 Å². The zero-order valence-corrected chi connectivity index (χ0v) is 18.5. The molecule has 0 aliphatic rings. The predicted octanol–water partition coefficient (Wildman–Crippen LogP) is 1.65. The Morgan fingerprint density at radius 2 is 1.76 bits per heavy atom. The van der Waals surface area contributed by atoms with Gasteiger partial charge in [0.1, 0.15) is 12.1 Å². The number of rotatable bonds is 10. The molecule has 2 amide bonds. The van der Waals surface area contributed by atoms with Crippen molar-refractivity contribution in [1.82, 2.24) is 15.6 Å². The van der Waals surface area contributed by atoms with E-state index in [1.807, 2.05) is 24.3 Å². The number of carbonyl (C=O) groups is 5. The predicted molar refractivity (Wildman–Crippen MR) is 116 cm³/mol. The molecule has 2 atom stereocenters. The molecule has 2 rings (SSSR count). The average molecular weight is 461 g/mol. The molecule has 1 heterocycles. The van der Waals surface area contributed by atoms with Gasteiger partial charge in [0.25, 0.3) is 0 Å². The number of aromatic amines is 1. The van der Waals surface area contributed by atoms with E-state index in [2.05, 4.69) is 20.4 Å². The lowest BCUT2D eigenvalue weighted by molar-refractivity contribution is -0.152. The number of benzene rings is 1. The fourth-order valence-electron chi connectivity index (χ4n) is 3.22. The minimum atomic E-state index is -1.77. The van der Waals surface area contributed by atoms with Crippen LogP contribution in [0.5, 0.6) is 0 Å². The first-order chi connectivity index (χ1) is 15.6. The number of aromatic nitrogens is 1. The Bertz CT molecular complexity index is 1030.